The van der Waals surface area contributed by atoms with Crippen LogP contribution >= 0.6 is 0 Å². The van der Waals surface area contributed by atoms with Crippen LogP contribution in [-0.2, 0) is 4.74 Å². The highest BCUT2D eigenvalue weighted by atomic mass is 16.6. The molecule has 0 radical (unpaired) electrons. The van der Waals surface area contributed by atoms with Crippen LogP contribution in [0.2, 0.25) is 0 Å². The molecule has 3 aromatic rings. The Morgan fingerprint density at radius 2 is 2.05 bits per heavy atom. The molecular formula is C17H12N2O3. The molecule has 0 bridgehead atoms. The minimum atomic E-state index is 0.224. The van der Waals surface area contributed by atoms with Crippen molar-refractivity contribution in [2.45, 2.75) is 6.10 Å². The number of ether oxygens (including phenoxy) is 2. The van der Waals surface area contributed by atoms with E-state index in [2.05, 4.69) is 11.1 Å². The maximum Gasteiger partial charge on any atom is 0.227 e. The van der Waals surface area contributed by atoms with E-state index in [1.54, 1.807) is 12.1 Å². The van der Waals surface area contributed by atoms with Crippen LogP contribution in [0.5, 0.6) is 5.75 Å². The largest absolute Gasteiger partial charge is 0.491 e. The normalized spacial score (nSPS) is 16.4. The van der Waals surface area contributed by atoms with Gasteiger partial charge in [0.25, 0.3) is 0 Å². The van der Waals surface area contributed by atoms with Gasteiger partial charge in [-0.05, 0) is 36.4 Å². The van der Waals surface area contributed by atoms with Gasteiger partial charge in [-0.3, -0.25) is 0 Å². The molecule has 0 aliphatic carbocycles. The number of benzene rings is 2. The number of rotatable bonds is 4. The van der Waals surface area contributed by atoms with Gasteiger partial charge in [0.1, 0.15) is 24.0 Å². The van der Waals surface area contributed by atoms with E-state index in [0.29, 0.717) is 23.6 Å². The standard InChI is InChI=1S/C17H12N2O3/c18-8-11-1-3-12(4-2-11)17-19-15-7-13(5-6-16(15)22-17)20-9-14-10-21-14/h1-7,14H,9-10H2. The van der Waals surface area contributed by atoms with E-state index in [4.69, 9.17) is 19.2 Å². The van der Waals surface area contributed by atoms with Crippen molar-refractivity contribution in [3.05, 3.63) is 48.0 Å². The number of oxazole rings is 1. The van der Waals surface area contributed by atoms with Gasteiger partial charge >= 0.3 is 0 Å². The van der Waals surface area contributed by atoms with Crippen LogP contribution in [0.1, 0.15) is 5.56 Å². The van der Waals surface area contributed by atoms with Gasteiger partial charge in [-0.1, -0.05) is 0 Å². The number of hydrogen-bond donors (Lipinski definition) is 0. The van der Waals surface area contributed by atoms with Crippen LogP contribution < -0.4 is 4.74 Å². The van der Waals surface area contributed by atoms with Crippen molar-refractivity contribution in [3.8, 4) is 23.3 Å². The topological polar surface area (TPSA) is 71.6 Å². The number of nitriles is 1. The van der Waals surface area contributed by atoms with Crippen molar-refractivity contribution < 1.29 is 13.9 Å². The minimum absolute atomic E-state index is 0.224. The molecule has 1 fully saturated rings. The zero-order chi connectivity index (χ0) is 14.9. The van der Waals surface area contributed by atoms with Gasteiger partial charge in [-0.25, -0.2) is 4.98 Å². The summed E-state index contributed by atoms with van der Waals surface area (Å²) in [4.78, 5) is 4.48. The molecule has 108 valence electrons. The Balaban J connectivity index is 1.62. The third kappa shape index (κ3) is 2.52. The second kappa shape index (κ2) is 5.17. The van der Waals surface area contributed by atoms with E-state index in [1.807, 2.05) is 30.3 Å². The Morgan fingerprint density at radius 3 is 2.77 bits per heavy atom. The lowest BCUT2D eigenvalue weighted by Gasteiger charge is -2.02. The van der Waals surface area contributed by atoms with Crippen molar-refractivity contribution >= 4 is 11.1 Å². The second-order valence-corrected chi connectivity index (χ2v) is 5.10. The molecule has 22 heavy (non-hydrogen) atoms. The molecule has 0 spiro atoms. The molecule has 0 saturated carbocycles. The number of epoxide rings is 1. The van der Waals surface area contributed by atoms with Gasteiger partial charge in [0.2, 0.25) is 5.89 Å². The summed E-state index contributed by atoms with van der Waals surface area (Å²) in [6, 6.07) is 14.8. The molecule has 2 heterocycles. The average molecular weight is 292 g/mol. The van der Waals surface area contributed by atoms with Gasteiger partial charge < -0.3 is 13.9 Å². The van der Waals surface area contributed by atoms with Crippen LogP contribution in [0.3, 0.4) is 0 Å². The van der Waals surface area contributed by atoms with E-state index in [-0.39, 0.29) is 6.10 Å². The monoisotopic (exact) mass is 292 g/mol. The van der Waals surface area contributed by atoms with Crippen molar-refractivity contribution in [3.63, 3.8) is 0 Å². The molecule has 1 unspecified atom stereocenters. The molecule has 1 aliphatic heterocycles. The fraction of sp³-hybridized carbons (Fsp3) is 0.176. The molecule has 0 N–H and O–H groups in total. The first kappa shape index (κ1) is 12.9. The first-order valence-corrected chi connectivity index (χ1v) is 6.97. The number of aromatic nitrogens is 1. The Hall–Kier alpha value is -2.84. The summed E-state index contributed by atoms with van der Waals surface area (Å²) >= 11 is 0. The van der Waals surface area contributed by atoms with Crippen molar-refractivity contribution in [2.24, 2.45) is 0 Å². The molecule has 2 aromatic carbocycles. The smallest absolute Gasteiger partial charge is 0.227 e. The first-order chi connectivity index (χ1) is 10.8. The Labute approximate surface area is 126 Å². The van der Waals surface area contributed by atoms with E-state index < -0.39 is 0 Å². The zero-order valence-electron chi connectivity index (χ0n) is 11.7. The lowest BCUT2D eigenvalue weighted by atomic mass is 10.1. The number of hydrogen-bond acceptors (Lipinski definition) is 5. The fourth-order valence-corrected chi connectivity index (χ4v) is 2.16. The Morgan fingerprint density at radius 1 is 1.23 bits per heavy atom. The molecule has 1 atom stereocenters. The van der Waals surface area contributed by atoms with Gasteiger partial charge in [-0.2, -0.15) is 5.26 Å². The van der Waals surface area contributed by atoms with E-state index >= 15 is 0 Å². The van der Waals surface area contributed by atoms with Crippen LogP contribution in [-0.4, -0.2) is 24.3 Å². The summed E-state index contributed by atoms with van der Waals surface area (Å²) in [5.74, 6) is 1.28. The highest BCUT2D eigenvalue weighted by Gasteiger charge is 2.23. The summed E-state index contributed by atoms with van der Waals surface area (Å²) < 4.78 is 16.5. The molecule has 4 rings (SSSR count). The van der Waals surface area contributed by atoms with Crippen LogP contribution in [0.25, 0.3) is 22.6 Å². The molecule has 1 saturated heterocycles. The molecule has 5 nitrogen and oxygen atoms in total. The summed E-state index contributed by atoms with van der Waals surface area (Å²) in [7, 11) is 0. The molecular weight excluding hydrogens is 280 g/mol. The predicted octanol–water partition coefficient (Wildman–Crippen LogP) is 3.14. The predicted molar refractivity (Wildman–Crippen MR) is 79.4 cm³/mol. The summed E-state index contributed by atoms with van der Waals surface area (Å²) in [6.45, 7) is 1.33. The van der Waals surface area contributed by atoms with Gasteiger partial charge in [0.05, 0.1) is 18.2 Å². The molecule has 5 heteroatoms. The Bertz CT molecular complexity index is 858. The number of nitrogens with zero attached hydrogens (tertiary/aromatic N) is 2. The van der Waals surface area contributed by atoms with Crippen LogP contribution in [0, 0.1) is 11.3 Å². The van der Waals surface area contributed by atoms with E-state index in [9.17, 15) is 0 Å². The number of fused-ring (bicyclic) bond motifs is 1. The molecule has 1 aliphatic rings. The summed E-state index contributed by atoms with van der Waals surface area (Å²) in [5, 5.41) is 8.83. The van der Waals surface area contributed by atoms with Gasteiger partial charge in [-0.15, -0.1) is 0 Å². The highest BCUT2D eigenvalue weighted by molar-refractivity contribution is 5.77. The minimum Gasteiger partial charge on any atom is -0.491 e. The quantitative estimate of drug-likeness (QED) is 0.691. The highest BCUT2D eigenvalue weighted by Crippen LogP contribution is 2.27. The van der Waals surface area contributed by atoms with Crippen molar-refractivity contribution in [2.75, 3.05) is 13.2 Å². The maximum absolute atomic E-state index is 8.83. The Kier molecular flexibility index (Phi) is 3.02. The average Bonchev–Trinajstić information content (AvgIpc) is 3.30. The first-order valence-electron chi connectivity index (χ1n) is 6.97. The third-order valence-corrected chi connectivity index (χ3v) is 3.46. The van der Waals surface area contributed by atoms with Gasteiger partial charge in [0.15, 0.2) is 5.58 Å². The van der Waals surface area contributed by atoms with Crippen molar-refractivity contribution in [1.29, 1.82) is 5.26 Å². The summed E-state index contributed by atoms with van der Waals surface area (Å²) in [5.41, 5.74) is 2.89. The molecule has 1 aromatic heterocycles. The maximum atomic E-state index is 8.83. The zero-order valence-corrected chi connectivity index (χ0v) is 11.7. The van der Waals surface area contributed by atoms with E-state index in [0.717, 1.165) is 23.4 Å². The third-order valence-electron chi connectivity index (χ3n) is 3.46. The van der Waals surface area contributed by atoms with Gasteiger partial charge in [0, 0.05) is 11.6 Å². The summed E-state index contributed by atoms with van der Waals surface area (Å²) in [6.07, 6.45) is 0.224. The fourth-order valence-electron chi connectivity index (χ4n) is 2.16. The van der Waals surface area contributed by atoms with Crippen LogP contribution in [0.4, 0.5) is 0 Å². The van der Waals surface area contributed by atoms with Crippen LogP contribution in [0.15, 0.2) is 46.9 Å². The van der Waals surface area contributed by atoms with Crippen molar-refractivity contribution in [1.82, 2.24) is 4.98 Å². The second-order valence-electron chi connectivity index (χ2n) is 5.10. The lowest BCUT2D eigenvalue weighted by Crippen LogP contribution is -2.03. The lowest BCUT2D eigenvalue weighted by molar-refractivity contribution is 0.263. The molecule has 0 amide bonds. The SMILES string of the molecule is N#Cc1ccc(-c2nc3cc(OCC4CO4)ccc3o2)cc1. The van der Waals surface area contributed by atoms with E-state index in [1.165, 1.54) is 0 Å².